The third-order valence-electron chi connectivity index (χ3n) is 4.39. The van der Waals surface area contributed by atoms with E-state index in [2.05, 4.69) is 0 Å². The standard InChI is InChI=1S/C14H23F3N2O2/c1-9-7-19(8-12(6-18)21-9)13(20)10-3-2-4-11(5-10)14(15,16)17/h9-12H,2-8,18H2,1H3. The Morgan fingerprint density at radius 2 is 2.05 bits per heavy atom. The van der Waals surface area contributed by atoms with Crippen molar-refractivity contribution in [3.8, 4) is 0 Å². The van der Waals surface area contributed by atoms with E-state index in [1.165, 1.54) is 0 Å². The lowest BCUT2D eigenvalue weighted by atomic mass is 9.80. The Balaban J connectivity index is 1.98. The van der Waals surface area contributed by atoms with Crippen LogP contribution in [-0.4, -0.2) is 48.8 Å². The highest BCUT2D eigenvalue weighted by Crippen LogP contribution is 2.40. The molecule has 21 heavy (non-hydrogen) atoms. The summed E-state index contributed by atoms with van der Waals surface area (Å²) in [5, 5.41) is 0. The molecule has 0 radical (unpaired) electrons. The number of alkyl halides is 3. The molecule has 1 heterocycles. The van der Waals surface area contributed by atoms with E-state index >= 15 is 0 Å². The second-order valence-electron chi connectivity index (χ2n) is 6.15. The van der Waals surface area contributed by atoms with E-state index in [4.69, 9.17) is 10.5 Å². The van der Waals surface area contributed by atoms with Gasteiger partial charge < -0.3 is 15.4 Å². The van der Waals surface area contributed by atoms with Gasteiger partial charge in [-0.15, -0.1) is 0 Å². The molecule has 2 fully saturated rings. The van der Waals surface area contributed by atoms with E-state index < -0.39 is 18.0 Å². The number of ether oxygens (including phenoxy) is 1. The summed E-state index contributed by atoms with van der Waals surface area (Å²) in [7, 11) is 0. The highest BCUT2D eigenvalue weighted by atomic mass is 19.4. The first-order valence-corrected chi connectivity index (χ1v) is 7.52. The van der Waals surface area contributed by atoms with Gasteiger partial charge in [-0.3, -0.25) is 4.79 Å². The van der Waals surface area contributed by atoms with Crippen LogP contribution in [0.2, 0.25) is 0 Å². The molecule has 2 rings (SSSR count). The van der Waals surface area contributed by atoms with Crippen LogP contribution in [0.1, 0.15) is 32.6 Å². The SMILES string of the molecule is CC1CN(C(=O)C2CCCC(C(F)(F)F)C2)CC(CN)O1. The van der Waals surface area contributed by atoms with Gasteiger partial charge in [-0.2, -0.15) is 13.2 Å². The van der Waals surface area contributed by atoms with E-state index in [1.807, 2.05) is 6.92 Å². The lowest BCUT2D eigenvalue weighted by Gasteiger charge is -2.39. The van der Waals surface area contributed by atoms with Crippen LogP contribution in [-0.2, 0) is 9.53 Å². The molecule has 7 heteroatoms. The highest BCUT2D eigenvalue weighted by molar-refractivity contribution is 5.79. The van der Waals surface area contributed by atoms with E-state index in [0.29, 0.717) is 32.5 Å². The quantitative estimate of drug-likeness (QED) is 0.848. The van der Waals surface area contributed by atoms with Crippen LogP contribution in [0.3, 0.4) is 0 Å². The van der Waals surface area contributed by atoms with Gasteiger partial charge in [0.15, 0.2) is 0 Å². The maximum atomic E-state index is 12.8. The Bertz CT molecular complexity index is 376. The van der Waals surface area contributed by atoms with Crippen LogP contribution >= 0.6 is 0 Å². The predicted molar refractivity (Wildman–Crippen MR) is 71.5 cm³/mol. The van der Waals surface area contributed by atoms with Gasteiger partial charge in [0.2, 0.25) is 5.91 Å². The molecule has 1 amide bonds. The summed E-state index contributed by atoms with van der Waals surface area (Å²) in [6, 6.07) is 0. The third kappa shape index (κ3) is 4.10. The van der Waals surface area contributed by atoms with Crippen molar-refractivity contribution >= 4 is 5.91 Å². The van der Waals surface area contributed by atoms with Gasteiger partial charge in [-0.05, 0) is 26.2 Å². The molecule has 4 atom stereocenters. The Labute approximate surface area is 122 Å². The predicted octanol–water partition coefficient (Wildman–Crippen LogP) is 1.93. The van der Waals surface area contributed by atoms with Crippen molar-refractivity contribution in [2.75, 3.05) is 19.6 Å². The summed E-state index contributed by atoms with van der Waals surface area (Å²) in [6.07, 6.45) is -3.49. The lowest BCUT2D eigenvalue weighted by molar-refractivity contribution is -0.188. The summed E-state index contributed by atoms with van der Waals surface area (Å²) in [6.45, 7) is 2.97. The minimum Gasteiger partial charge on any atom is -0.370 e. The number of carbonyl (C=O) groups is 1. The fourth-order valence-electron chi connectivity index (χ4n) is 3.32. The minimum atomic E-state index is -4.20. The summed E-state index contributed by atoms with van der Waals surface area (Å²) >= 11 is 0. The van der Waals surface area contributed by atoms with E-state index in [0.717, 1.165) is 0 Å². The molecule has 122 valence electrons. The molecule has 2 N–H and O–H groups in total. The van der Waals surface area contributed by atoms with Gasteiger partial charge in [0, 0.05) is 25.6 Å². The number of morpholine rings is 1. The molecule has 1 aliphatic heterocycles. The van der Waals surface area contributed by atoms with Crippen LogP contribution in [0, 0.1) is 11.8 Å². The van der Waals surface area contributed by atoms with Gasteiger partial charge in [0.1, 0.15) is 0 Å². The molecule has 0 aromatic rings. The van der Waals surface area contributed by atoms with Crippen molar-refractivity contribution in [1.82, 2.24) is 4.90 Å². The van der Waals surface area contributed by atoms with Gasteiger partial charge in [0.25, 0.3) is 0 Å². The zero-order valence-corrected chi connectivity index (χ0v) is 12.2. The number of hydrogen-bond acceptors (Lipinski definition) is 3. The monoisotopic (exact) mass is 308 g/mol. The van der Waals surface area contributed by atoms with Crippen molar-refractivity contribution in [3.63, 3.8) is 0 Å². The number of hydrogen-bond donors (Lipinski definition) is 1. The first-order chi connectivity index (χ1) is 9.81. The molecule has 4 nitrogen and oxygen atoms in total. The van der Waals surface area contributed by atoms with Crippen LogP contribution < -0.4 is 5.73 Å². The van der Waals surface area contributed by atoms with E-state index in [-0.39, 0.29) is 31.0 Å². The Morgan fingerprint density at radius 3 is 2.67 bits per heavy atom. The van der Waals surface area contributed by atoms with Crippen molar-refractivity contribution in [2.45, 2.75) is 51.0 Å². The Hall–Kier alpha value is -0.820. The summed E-state index contributed by atoms with van der Waals surface area (Å²) in [5.41, 5.74) is 5.57. The van der Waals surface area contributed by atoms with E-state index in [9.17, 15) is 18.0 Å². The molecule has 4 unspecified atom stereocenters. The molecule has 0 aromatic carbocycles. The molecule has 0 aromatic heterocycles. The summed E-state index contributed by atoms with van der Waals surface area (Å²) in [4.78, 5) is 14.1. The second-order valence-corrected chi connectivity index (χ2v) is 6.15. The molecular formula is C14H23F3N2O2. The fourth-order valence-corrected chi connectivity index (χ4v) is 3.32. The topological polar surface area (TPSA) is 55.6 Å². The number of nitrogens with two attached hydrogens (primary N) is 1. The Morgan fingerprint density at radius 1 is 1.33 bits per heavy atom. The smallest absolute Gasteiger partial charge is 0.370 e. The number of rotatable bonds is 2. The van der Waals surface area contributed by atoms with Gasteiger partial charge >= 0.3 is 6.18 Å². The number of amides is 1. The van der Waals surface area contributed by atoms with Crippen molar-refractivity contribution in [3.05, 3.63) is 0 Å². The molecular weight excluding hydrogens is 285 g/mol. The van der Waals surface area contributed by atoms with Gasteiger partial charge in [-0.1, -0.05) is 6.42 Å². The molecule has 2 aliphatic rings. The first kappa shape index (κ1) is 16.5. The van der Waals surface area contributed by atoms with Gasteiger partial charge in [-0.25, -0.2) is 0 Å². The van der Waals surface area contributed by atoms with Crippen LogP contribution in [0.15, 0.2) is 0 Å². The Kier molecular flexibility index (Phi) is 5.14. The van der Waals surface area contributed by atoms with E-state index in [1.54, 1.807) is 4.90 Å². The second kappa shape index (κ2) is 6.52. The van der Waals surface area contributed by atoms with Crippen LogP contribution in [0.25, 0.3) is 0 Å². The van der Waals surface area contributed by atoms with Crippen LogP contribution in [0.5, 0.6) is 0 Å². The number of halogens is 3. The molecule has 1 saturated carbocycles. The van der Waals surface area contributed by atoms with Crippen molar-refractivity contribution in [1.29, 1.82) is 0 Å². The average molecular weight is 308 g/mol. The molecule has 0 bridgehead atoms. The lowest BCUT2D eigenvalue weighted by Crippen LogP contribution is -2.53. The first-order valence-electron chi connectivity index (χ1n) is 7.52. The molecule has 1 aliphatic carbocycles. The zero-order chi connectivity index (χ0) is 15.6. The summed E-state index contributed by atoms with van der Waals surface area (Å²) in [5.74, 6) is -2.03. The summed E-state index contributed by atoms with van der Waals surface area (Å²) < 4.78 is 44.1. The number of carbonyl (C=O) groups excluding carboxylic acids is 1. The zero-order valence-electron chi connectivity index (χ0n) is 12.2. The molecule has 1 saturated heterocycles. The van der Waals surface area contributed by atoms with Crippen molar-refractivity contribution in [2.24, 2.45) is 17.6 Å². The minimum absolute atomic E-state index is 0.0820. The fraction of sp³-hybridized carbons (Fsp3) is 0.929. The van der Waals surface area contributed by atoms with Gasteiger partial charge in [0.05, 0.1) is 18.1 Å². The third-order valence-corrected chi connectivity index (χ3v) is 4.39. The van der Waals surface area contributed by atoms with Crippen LogP contribution in [0.4, 0.5) is 13.2 Å². The van der Waals surface area contributed by atoms with Crippen molar-refractivity contribution < 1.29 is 22.7 Å². The normalized spacial score (nSPS) is 34.8. The maximum Gasteiger partial charge on any atom is 0.391 e. The average Bonchev–Trinajstić information content (AvgIpc) is 2.45. The maximum absolute atomic E-state index is 12.8. The molecule has 0 spiro atoms. The largest absolute Gasteiger partial charge is 0.391 e. The highest BCUT2D eigenvalue weighted by Gasteiger charge is 2.44. The number of nitrogens with zero attached hydrogens (tertiary/aromatic N) is 1.